The number of hydrogen-bond acceptors (Lipinski definition) is 3. The Kier molecular flexibility index (Phi) is 9.07. The fourth-order valence-corrected chi connectivity index (χ4v) is 5.17. The van der Waals surface area contributed by atoms with Crippen LogP contribution in [0.3, 0.4) is 0 Å². The van der Waals surface area contributed by atoms with E-state index < -0.39 is 5.54 Å². The molecule has 1 aliphatic rings. The number of rotatable bonds is 10. The maximum absolute atomic E-state index is 13.9. The lowest BCUT2D eigenvalue weighted by molar-refractivity contribution is -0.132. The molecule has 0 unspecified atom stereocenters. The number of halogens is 1. The number of piperidine rings is 1. The summed E-state index contributed by atoms with van der Waals surface area (Å²) in [7, 11) is 0. The Morgan fingerprint density at radius 1 is 0.892 bits per heavy atom. The van der Waals surface area contributed by atoms with Gasteiger partial charge in [-0.2, -0.15) is 0 Å². The average Bonchev–Trinajstić information content (AvgIpc) is 2.93. The molecule has 0 aliphatic carbocycles. The zero-order valence-electron chi connectivity index (χ0n) is 21.5. The maximum Gasteiger partial charge on any atom is 0.246 e. The largest absolute Gasteiger partial charge is 0.354 e. The van der Waals surface area contributed by atoms with Gasteiger partial charge in [-0.3, -0.25) is 14.5 Å². The SMILES string of the molecule is CCC(=O)N(c1ccccc1)C1(C(=O)NCCc2cccc(F)c2)CCN(CCc2ccccc2)CC1. The third-order valence-electron chi connectivity index (χ3n) is 7.25. The molecule has 0 bridgehead atoms. The third kappa shape index (κ3) is 6.63. The van der Waals surface area contributed by atoms with Crippen LogP contribution in [0.1, 0.15) is 37.3 Å². The number of amides is 2. The number of anilines is 1. The van der Waals surface area contributed by atoms with Gasteiger partial charge in [0, 0.05) is 38.3 Å². The van der Waals surface area contributed by atoms with Gasteiger partial charge >= 0.3 is 0 Å². The standard InChI is InChI=1S/C31H36FN3O2/c1-2-29(36)35(28-14-7-4-8-15-28)31(30(37)33-20-16-26-12-9-13-27(32)24-26)18-22-34(23-19-31)21-17-25-10-5-3-6-11-25/h3-15,24H,2,16-23H2,1H3,(H,33,37). The predicted molar refractivity (Wildman–Crippen MR) is 146 cm³/mol. The summed E-state index contributed by atoms with van der Waals surface area (Å²) in [6.07, 6.45) is 2.88. The number of likely N-dealkylation sites (tertiary alicyclic amines) is 1. The summed E-state index contributed by atoms with van der Waals surface area (Å²) in [5.41, 5.74) is 1.89. The molecule has 3 aromatic rings. The second kappa shape index (κ2) is 12.6. The molecule has 5 nitrogen and oxygen atoms in total. The zero-order valence-corrected chi connectivity index (χ0v) is 21.5. The number of nitrogens with zero attached hydrogens (tertiary/aromatic N) is 2. The second-order valence-corrected chi connectivity index (χ2v) is 9.66. The highest BCUT2D eigenvalue weighted by Gasteiger charge is 2.48. The van der Waals surface area contributed by atoms with Gasteiger partial charge in [0.1, 0.15) is 11.4 Å². The van der Waals surface area contributed by atoms with Crippen molar-refractivity contribution in [1.82, 2.24) is 10.2 Å². The molecule has 6 heteroatoms. The average molecular weight is 502 g/mol. The lowest BCUT2D eigenvalue weighted by Gasteiger charge is -2.47. The van der Waals surface area contributed by atoms with Gasteiger partial charge in [-0.15, -0.1) is 0 Å². The van der Waals surface area contributed by atoms with Crippen LogP contribution in [-0.4, -0.2) is 48.4 Å². The molecular weight excluding hydrogens is 465 g/mol. The van der Waals surface area contributed by atoms with E-state index in [9.17, 15) is 14.0 Å². The van der Waals surface area contributed by atoms with Crippen LogP contribution < -0.4 is 10.2 Å². The van der Waals surface area contributed by atoms with E-state index in [4.69, 9.17) is 0 Å². The Labute approximate surface area is 219 Å². The molecule has 0 spiro atoms. The van der Waals surface area contributed by atoms with Gasteiger partial charge in [0.15, 0.2) is 0 Å². The van der Waals surface area contributed by atoms with Crippen molar-refractivity contribution in [1.29, 1.82) is 0 Å². The van der Waals surface area contributed by atoms with Gasteiger partial charge in [0.25, 0.3) is 0 Å². The van der Waals surface area contributed by atoms with Crippen LogP contribution in [0.2, 0.25) is 0 Å². The van der Waals surface area contributed by atoms with Crippen molar-refractivity contribution in [3.63, 3.8) is 0 Å². The fourth-order valence-electron chi connectivity index (χ4n) is 5.17. The molecule has 1 heterocycles. The third-order valence-corrected chi connectivity index (χ3v) is 7.25. The Bertz CT molecular complexity index is 1160. The van der Waals surface area contributed by atoms with Crippen molar-refractivity contribution >= 4 is 17.5 Å². The van der Waals surface area contributed by atoms with Crippen molar-refractivity contribution < 1.29 is 14.0 Å². The van der Waals surface area contributed by atoms with E-state index in [1.165, 1.54) is 17.7 Å². The molecule has 0 radical (unpaired) electrons. The van der Waals surface area contributed by atoms with Crippen molar-refractivity contribution in [2.24, 2.45) is 0 Å². The molecule has 194 valence electrons. The van der Waals surface area contributed by atoms with Gasteiger partial charge < -0.3 is 10.2 Å². The smallest absolute Gasteiger partial charge is 0.246 e. The van der Waals surface area contributed by atoms with Crippen molar-refractivity contribution in [3.8, 4) is 0 Å². The van der Waals surface area contributed by atoms with E-state index in [1.54, 1.807) is 11.0 Å². The van der Waals surface area contributed by atoms with Crippen molar-refractivity contribution in [2.45, 2.75) is 44.6 Å². The van der Waals surface area contributed by atoms with Gasteiger partial charge in [-0.05, 0) is 61.1 Å². The molecule has 1 fully saturated rings. The minimum Gasteiger partial charge on any atom is -0.354 e. The summed E-state index contributed by atoms with van der Waals surface area (Å²) in [4.78, 5) is 31.4. The van der Waals surface area contributed by atoms with Crippen LogP contribution in [0.25, 0.3) is 0 Å². The topological polar surface area (TPSA) is 52.7 Å². The molecule has 1 N–H and O–H groups in total. The quantitative estimate of drug-likeness (QED) is 0.425. The van der Waals surface area contributed by atoms with Gasteiger partial charge in [-0.25, -0.2) is 4.39 Å². The summed E-state index contributed by atoms with van der Waals surface area (Å²) in [5, 5.41) is 3.09. The van der Waals surface area contributed by atoms with Crippen LogP contribution in [0.4, 0.5) is 10.1 Å². The first kappa shape index (κ1) is 26.6. The summed E-state index contributed by atoms with van der Waals surface area (Å²) in [5.74, 6) is -0.492. The van der Waals surface area contributed by atoms with Gasteiger partial charge in [0.05, 0.1) is 0 Å². The minimum absolute atomic E-state index is 0.0655. The molecule has 0 saturated carbocycles. The Balaban J connectivity index is 1.52. The Hall–Kier alpha value is -3.51. The van der Waals surface area contributed by atoms with E-state index in [-0.39, 0.29) is 17.6 Å². The van der Waals surface area contributed by atoms with Crippen LogP contribution in [0.5, 0.6) is 0 Å². The Morgan fingerprint density at radius 3 is 2.19 bits per heavy atom. The number of nitrogens with one attached hydrogen (secondary N) is 1. The van der Waals surface area contributed by atoms with Crippen LogP contribution in [0.15, 0.2) is 84.9 Å². The van der Waals surface area contributed by atoms with Crippen LogP contribution in [0, 0.1) is 5.82 Å². The first-order valence-electron chi connectivity index (χ1n) is 13.2. The molecule has 0 atom stereocenters. The highest BCUT2D eigenvalue weighted by Crippen LogP contribution is 2.34. The van der Waals surface area contributed by atoms with E-state index in [1.807, 2.05) is 49.4 Å². The van der Waals surface area contributed by atoms with Crippen molar-refractivity contribution in [3.05, 3.63) is 102 Å². The fraction of sp³-hybridized carbons (Fsp3) is 0.355. The number of benzene rings is 3. The van der Waals surface area contributed by atoms with E-state index in [2.05, 4.69) is 34.5 Å². The molecule has 37 heavy (non-hydrogen) atoms. The number of carbonyl (C=O) groups is 2. The maximum atomic E-state index is 13.9. The first-order valence-corrected chi connectivity index (χ1v) is 13.2. The van der Waals surface area contributed by atoms with Crippen LogP contribution >= 0.6 is 0 Å². The van der Waals surface area contributed by atoms with Crippen LogP contribution in [-0.2, 0) is 22.4 Å². The normalized spacial score (nSPS) is 15.2. The second-order valence-electron chi connectivity index (χ2n) is 9.66. The predicted octanol–water partition coefficient (Wildman–Crippen LogP) is 5.00. The molecule has 3 aromatic carbocycles. The highest BCUT2D eigenvalue weighted by molar-refractivity contribution is 6.03. The lowest BCUT2D eigenvalue weighted by Crippen LogP contribution is -2.65. The van der Waals surface area contributed by atoms with Crippen molar-refractivity contribution in [2.75, 3.05) is 31.1 Å². The lowest BCUT2D eigenvalue weighted by atomic mass is 9.83. The molecule has 4 rings (SSSR count). The summed E-state index contributed by atoms with van der Waals surface area (Å²) < 4.78 is 13.6. The number of carbonyl (C=O) groups excluding carboxylic acids is 2. The summed E-state index contributed by atoms with van der Waals surface area (Å²) in [6, 6.07) is 26.3. The highest BCUT2D eigenvalue weighted by atomic mass is 19.1. The van der Waals surface area contributed by atoms with E-state index in [0.29, 0.717) is 32.2 Å². The zero-order chi connectivity index (χ0) is 26.1. The molecule has 0 aromatic heterocycles. The summed E-state index contributed by atoms with van der Waals surface area (Å²) >= 11 is 0. The van der Waals surface area contributed by atoms with E-state index >= 15 is 0 Å². The van der Waals surface area contributed by atoms with E-state index in [0.717, 1.165) is 37.3 Å². The van der Waals surface area contributed by atoms with Gasteiger partial charge in [0.2, 0.25) is 11.8 Å². The number of hydrogen-bond donors (Lipinski definition) is 1. The number of para-hydroxylation sites is 1. The minimum atomic E-state index is -0.973. The summed E-state index contributed by atoms with van der Waals surface area (Å²) in [6.45, 7) is 4.58. The first-order chi connectivity index (χ1) is 18.0. The Morgan fingerprint density at radius 2 is 1.54 bits per heavy atom. The molecule has 2 amide bonds. The van der Waals surface area contributed by atoms with Gasteiger partial charge in [-0.1, -0.05) is 67.6 Å². The molecule has 1 aliphatic heterocycles. The monoisotopic (exact) mass is 501 g/mol. The molecule has 1 saturated heterocycles. The molecular formula is C31H36FN3O2.